The smallest absolute Gasteiger partial charge is 0.329 e. The second-order valence-corrected chi connectivity index (χ2v) is 6.89. The van der Waals surface area contributed by atoms with Crippen LogP contribution < -0.4 is 15.5 Å². The molecule has 0 saturated heterocycles. The van der Waals surface area contributed by atoms with E-state index < -0.39 is 11.8 Å². The highest BCUT2D eigenvalue weighted by molar-refractivity contribution is 14.1. The molecular weight excluding hydrogens is 485 g/mol. The van der Waals surface area contributed by atoms with E-state index in [0.29, 0.717) is 26.5 Å². The first-order valence-corrected chi connectivity index (χ1v) is 9.37. The number of ether oxygens (including phenoxy) is 1. The molecule has 9 heteroatoms. The van der Waals surface area contributed by atoms with E-state index in [1.165, 1.54) is 6.21 Å². The van der Waals surface area contributed by atoms with E-state index in [2.05, 4.69) is 15.8 Å². The highest BCUT2D eigenvalue weighted by Gasteiger charge is 2.12. The number of rotatable bonds is 6. The number of carbonyl (C=O) groups is 2. The van der Waals surface area contributed by atoms with Crippen molar-refractivity contribution >= 4 is 52.2 Å². The lowest BCUT2D eigenvalue weighted by atomic mass is 10.2. The highest BCUT2D eigenvalue weighted by atomic mass is 127. The molecule has 0 unspecified atom stereocenters. The summed E-state index contributed by atoms with van der Waals surface area (Å²) < 4.78 is 5.90. The first-order chi connectivity index (χ1) is 12.9. The number of phenolic OH excluding ortho intramolecular Hbond substituents is 1. The third-order valence-electron chi connectivity index (χ3n) is 3.30. The van der Waals surface area contributed by atoms with Gasteiger partial charge in [-0.05, 0) is 64.9 Å². The molecule has 0 aliphatic heterocycles. The number of hydrazone groups is 1. The first kappa shape index (κ1) is 21.0. The van der Waals surface area contributed by atoms with Crippen molar-refractivity contribution in [2.24, 2.45) is 5.10 Å². The fraction of sp³-hybridized carbons (Fsp3) is 0.167. The van der Waals surface area contributed by atoms with Crippen molar-refractivity contribution in [3.05, 3.63) is 56.1 Å². The Bertz CT molecular complexity index is 856. The van der Waals surface area contributed by atoms with Gasteiger partial charge in [0.15, 0.2) is 11.5 Å². The molecule has 0 radical (unpaired) electrons. The third kappa shape index (κ3) is 6.40. The Morgan fingerprint density at radius 3 is 2.63 bits per heavy atom. The van der Waals surface area contributed by atoms with Gasteiger partial charge in [-0.15, -0.1) is 0 Å². The molecule has 3 N–H and O–H groups in total. The number of hydrogen-bond acceptors (Lipinski definition) is 5. The van der Waals surface area contributed by atoms with Crippen LogP contribution in [0.5, 0.6) is 11.5 Å². The normalized spacial score (nSPS) is 10.6. The summed E-state index contributed by atoms with van der Waals surface area (Å²) >= 11 is 7.75. The van der Waals surface area contributed by atoms with Crippen molar-refractivity contribution in [3.63, 3.8) is 0 Å². The minimum atomic E-state index is -0.890. The van der Waals surface area contributed by atoms with E-state index in [1.807, 2.05) is 22.6 Å². The zero-order chi connectivity index (χ0) is 19.8. The topological polar surface area (TPSA) is 100 Å². The first-order valence-electron chi connectivity index (χ1n) is 7.91. The summed E-state index contributed by atoms with van der Waals surface area (Å²) in [6, 6.07) is 10.1. The molecule has 142 valence electrons. The summed E-state index contributed by atoms with van der Waals surface area (Å²) in [5, 5.41) is 16.7. The predicted octanol–water partition coefficient (Wildman–Crippen LogP) is 2.82. The van der Waals surface area contributed by atoms with E-state index in [0.717, 1.165) is 5.56 Å². The van der Waals surface area contributed by atoms with Crippen LogP contribution in [-0.2, 0) is 16.1 Å². The van der Waals surface area contributed by atoms with E-state index >= 15 is 0 Å². The lowest BCUT2D eigenvalue weighted by Crippen LogP contribution is -2.37. The molecule has 0 aliphatic carbocycles. The summed E-state index contributed by atoms with van der Waals surface area (Å²) in [6.45, 7) is 2.39. The van der Waals surface area contributed by atoms with Crippen LogP contribution >= 0.6 is 34.2 Å². The molecule has 0 aromatic heterocycles. The number of amides is 2. The van der Waals surface area contributed by atoms with Gasteiger partial charge in [-0.25, -0.2) is 5.43 Å². The Labute approximate surface area is 174 Å². The summed E-state index contributed by atoms with van der Waals surface area (Å²) in [6.07, 6.45) is 1.36. The highest BCUT2D eigenvalue weighted by Crippen LogP contribution is 2.32. The molecule has 0 fully saturated rings. The number of carbonyl (C=O) groups excluding carboxylic acids is 2. The molecule has 0 heterocycles. The maximum atomic E-state index is 11.8. The van der Waals surface area contributed by atoms with E-state index in [4.69, 9.17) is 16.3 Å². The standard InChI is InChI=1S/C18H17ClIN3O4/c1-2-27-15-8-12(7-14(20)16(15)24)10-22-23-18(26)17(25)21-9-11-3-5-13(19)6-4-11/h3-8,10,24H,2,9H2,1H3,(H,21,25)(H,23,26)/b22-10-. The molecule has 0 bridgehead atoms. The molecule has 0 atom stereocenters. The predicted molar refractivity (Wildman–Crippen MR) is 111 cm³/mol. The molecule has 27 heavy (non-hydrogen) atoms. The third-order valence-corrected chi connectivity index (χ3v) is 4.38. The molecule has 0 saturated carbocycles. The van der Waals surface area contributed by atoms with Crippen LogP contribution in [0.2, 0.25) is 5.02 Å². The molecule has 2 rings (SSSR count). The van der Waals surface area contributed by atoms with Gasteiger partial charge in [0.25, 0.3) is 0 Å². The summed E-state index contributed by atoms with van der Waals surface area (Å²) in [5.74, 6) is -1.34. The minimum Gasteiger partial charge on any atom is -0.504 e. The van der Waals surface area contributed by atoms with Gasteiger partial charge in [0.2, 0.25) is 0 Å². The van der Waals surface area contributed by atoms with Gasteiger partial charge < -0.3 is 15.2 Å². The van der Waals surface area contributed by atoms with Crippen LogP contribution in [-0.4, -0.2) is 29.7 Å². The molecule has 2 aromatic carbocycles. The van der Waals surface area contributed by atoms with E-state index in [1.54, 1.807) is 43.3 Å². The number of phenols is 1. The van der Waals surface area contributed by atoms with Crippen LogP contribution in [0.4, 0.5) is 0 Å². The molecule has 2 amide bonds. The van der Waals surface area contributed by atoms with Gasteiger partial charge in [0.1, 0.15) is 0 Å². The van der Waals surface area contributed by atoms with Gasteiger partial charge in [-0.2, -0.15) is 5.10 Å². The number of halogens is 2. The Morgan fingerprint density at radius 1 is 1.26 bits per heavy atom. The molecule has 0 spiro atoms. The van der Waals surface area contributed by atoms with Gasteiger partial charge in [-0.3, -0.25) is 9.59 Å². The van der Waals surface area contributed by atoms with Gasteiger partial charge in [0.05, 0.1) is 16.4 Å². The van der Waals surface area contributed by atoms with Crippen LogP contribution in [0.15, 0.2) is 41.5 Å². The average molecular weight is 502 g/mol. The number of nitrogens with zero attached hydrogens (tertiary/aromatic N) is 1. The summed E-state index contributed by atoms with van der Waals surface area (Å²) in [7, 11) is 0. The van der Waals surface area contributed by atoms with Crippen molar-refractivity contribution in [3.8, 4) is 11.5 Å². The van der Waals surface area contributed by atoms with Crippen LogP contribution in [0.25, 0.3) is 0 Å². The Hall–Kier alpha value is -2.33. The maximum absolute atomic E-state index is 11.8. The van der Waals surface area contributed by atoms with Crippen molar-refractivity contribution in [2.75, 3.05) is 6.61 Å². The number of benzene rings is 2. The number of aromatic hydroxyl groups is 1. The van der Waals surface area contributed by atoms with Crippen LogP contribution in [0.3, 0.4) is 0 Å². The maximum Gasteiger partial charge on any atom is 0.329 e. The second-order valence-electron chi connectivity index (χ2n) is 5.29. The molecule has 7 nitrogen and oxygen atoms in total. The SMILES string of the molecule is CCOc1cc(/C=N\NC(=O)C(=O)NCc2ccc(Cl)cc2)cc(I)c1O. The Morgan fingerprint density at radius 2 is 1.96 bits per heavy atom. The molecule has 2 aromatic rings. The van der Waals surface area contributed by atoms with Gasteiger partial charge in [-0.1, -0.05) is 23.7 Å². The molecular formula is C18H17ClIN3O4. The quantitative estimate of drug-likeness (QED) is 0.245. The fourth-order valence-electron chi connectivity index (χ4n) is 2.01. The lowest BCUT2D eigenvalue weighted by molar-refractivity contribution is -0.139. The molecule has 0 aliphatic rings. The average Bonchev–Trinajstić information content (AvgIpc) is 2.65. The van der Waals surface area contributed by atoms with Crippen molar-refractivity contribution in [1.29, 1.82) is 0 Å². The largest absolute Gasteiger partial charge is 0.504 e. The Kier molecular flexibility index (Phi) is 7.86. The minimum absolute atomic E-state index is 0.0419. The van der Waals surface area contributed by atoms with Crippen molar-refractivity contribution in [2.45, 2.75) is 13.5 Å². The van der Waals surface area contributed by atoms with Crippen LogP contribution in [0, 0.1) is 3.57 Å². The number of hydrogen-bond donors (Lipinski definition) is 3. The van der Waals surface area contributed by atoms with Crippen molar-refractivity contribution < 1.29 is 19.4 Å². The monoisotopic (exact) mass is 501 g/mol. The second kappa shape index (κ2) is 10.1. The van der Waals surface area contributed by atoms with Gasteiger partial charge in [0, 0.05) is 11.6 Å². The zero-order valence-electron chi connectivity index (χ0n) is 14.3. The van der Waals surface area contributed by atoms with Crippen molar-refractivity contribution in [1.82, 2.24) is 10.7 Å². The summed E-state index contributed by atoms with van der Waals surface area (Å²) in [4.78, 5) is 23.6. The van der Waals surface area contributed by atoms with Crippen LogP contribution in [0.1, 0.15) is 18.1 Å². The van der Waals surface area contributed by atoms with E-state index in [9.17, 15) is 14.7 Å². The lowest BCUT2D eigenvalue weighted by Gasteiger charge is -2.08. The van der Waals surface area contributed by atoms with Gasteiger partial charge >= 0.3 is 11.8 Å². The summed E-state index contributed by atoms with van der Waals surface area (Å²) in [5.41, 5.74) is 3.56. The van der Waals surface area contributed by atoms with E-state index in [-0.39, 0.29) is 12.3 Å². The number of nitrogens with one attached hydrogen (secondary N) is 2. The zero-order valence-corrected chi connectivity index (χ0v) is 17.2. The fourth-order valence-corrected chi connectivity index (χ4v) is 2.77. The Balaban J connectivity index is 1.90.